The third-order valence-corrected chi connectivity index (χ3v) is 7.77. The Bertz CT molecular complexity index is 1170. The normalized spacial score (nSPS) is 15.3. The third-order valence-electron chi connectivity index (χ3n) is 4.98. The van der Waals surface area contributed by atoms with Gasteiger partial charge in [0.2, 0.25) is 10.0 Å². The Labute approximate surface area is 178 Å². The van der Waals surface area contributed by atoms with Crippen LogP contribution in [0.1, 0.15) is 16.1 Å². The summed E-state index contributed by atoms with van der Waals surface area (Å²) in [6.45, 7) is 2.82. The van der Waals surface area contributed by atoms with Crippen molar-refractivity contribution in [3.8, 4) is 10.6 Å². The van der Waals surface area contributed by atoms with Crippen molar-refractivity contribution in [1.82, 2.24) is 14.2 Å². The van der Waals surface area contributed by atoms with Crippen LogP contribution < -0.4 is 0 Å². The number of amides is 1. The summed E-state index contributed by atoms with van der Waals surface area (Å²) in [5, 5.41) is 2.50. The number of benzene rings is 2. The van der Waals surface area contributed by atoms with Crippen molar-refractivity contribution >= 4 is 27.3 Å². The van der Waals surface area contributed by atoms with Crippen LogP contribution in [0.2, 0.25) is 0 Å². The van der Waals surface area contributed by atoms with E-state index in [2.05, 4.69) is 4.98 Å². The number of carbonyl (C=O) groups is 1. The van der Waals surface area contributed by atoms with Crippen molar-refractivity contribution in [1.29, 1.82) is 0 Å². The first-order chi connectivity index (χ1) is 14.3. The summed E-state index contributed by atoms with van der Waals surface area (Å²) in [4.78, 5) is 18.8. The Kier molecular flexibility index (Phi) is 5.68. The van der Waals surface area contributed by atoms with Gasteiger partial charge in [0.1, 0.15) is 16.5 Å². The summed E-state index contributed by atoms with van der Waals surface area (Å²) in [7, 11) is -3.79. The SMILES string of the molecule is Cc1ccc(-c2nc(C(=O)N3CCN(S(=O)(=O)c4cccc(F)c4)CC3)cs2)cc1. The van der Waals surface area contributed by atoms with E-state index in [0.29, 0.717) is 5.69 Å². The molecule has 9 heteroatoms. The van der Waals surface area contributed by atoms with E-state index in [0.717, 1.165) is 22.2 Å². The highest BCUT2D eigenvalue weighted by atomic mass is 32.2. The van der Waals surface area contributed by atoms with Crippen LogP contribution >= 0.6 is 11.3 Å². The summed E-state index contributed by atoms with van der Waals surface area (Å²) >= 11 is 1.40. The molecule has 1 aliphatic rings. The lowest BCUT2D eigenvalue weighted by molar-refractivity contribution is 0.0693. The number of carbonyl (C=O) groups excluding carboxylic acids is 1. The van der Waals surface area contributed by atoms with Gasteiger partial charge in [0.25, 0.3) is 5.91 Å². The van der Waals surface area contributed by atoms with E-state index in [-0.39, 0.29) is 37.0 Å². The van der Waals surface area contributed by atoms with Crippen LogP contribution in [0.4, 0.5) is 4.39 Å². The van der Waals surface area contributed by atoms with Gasteiger partial charge in [-0.3, -0.25) is 4.79 Å². The molecule has 1 aliphatic heterocycles. The van der Waals surface area contributed by atoms with E-state index in [1.54, 1.807) is 10.3 Å². The third kappa shape index (κ3) is 4.14. The van der Waals surface area contributed by atoms with Gasteiger partial charge >= 0.3 is 0 Å². The predicted octanol–water partition coefficient (Wildman–Crippen LogP) is 3.40. The van der Waals surface area contributed by atoms with Crippen LogP contribution in [-0.4, -0.2) is 54.7 Å². The summed E-state index contributed by atoms with van der Waals surface area (Å²) in [6.07, 6.45) is 0. The number of aryl methyl sites for hydroxylation is 1. The molecule has 0 saturated carbocycles. The van der Waals surface area contributed by atoms with Gasteiger partial charge in [0.05, 0.1) is 4.90 Å². The van der Waals surface area contributed by atoms with E-state index >= 15 is 0 Å². The first kappa shape index (κ1) is 20.6. The Balaban J connectivity index is 1.43. The summed E-state index contributed by atoms with van der Waals surface area (Å²) in [5.74, 6) is -0.815. The molecule has 0 N–H and O–H groups in total. The smallest absolute Gasteiger partial charge is 0.273 e. The van der Waals surface area contributed by atoms with Crippen molar-refractivity contribution in [2.24, 2.45) is 0 Å². The molecule has 0 atom stereocenters. The Morgan fingerprint density at radius 2 is 1.77 bits per heavy atom. The molecule has 6 nitrogen and oxygen atoms in total. The van der Waals surface area contributed by atoms with Crippen molar-refractivity contribution in [3.63, 3.8) is 0 Å². The minimum absolute atomic E-state index is 0.0792. The molecule has 2 heterocycles. The van der Waals surface area contributed by atoms with Gasteiger partial charge in [-0.2, -0.15) is 4.31 Å². The first-order valence-corrected chi connectivity index (χ1v) is 11.7. The second-order valence-corrected chi connectivity index (χ2v) is 9.85. The van der Waals surface area contributed by atoms with Crippen LogP contribution in [-0.2, 0) is 10.0 Å². The molecule has 0 bridgehead atoms. The zero-order valence-electron chi connectivity index (χ0n) is 16.3. The molecule has 1 fully saturated rings. The highest BCUT2D eigenvalue weighted by molar-refractivity contribution is 7.89. The Hall–Kier alpha value is -2.62. The van der Waals surface area contributed by atoms with E-state index in [1.165, 1.54) is 33.8 Å². The molecule has 4 rings (SSSR count). The van der Waals surface area contributed by atoms with Crippen LogP contribution in [0.25, 0.3) is 10.6 Å². The maximum atomic E-state index is 13.4. The zero-order chi connectivity index (χ0) is 21.3. The summed E-state index contributed by atoms with van der Waals surface area (Å²) in [5.41, 5.74) is 2.46. The number of hydrogen-bond donors (Lipinski definition) is 0. The van der Waals surface area contributed by atoms with Crippen LogP contribution in [0.3, 0.4) is 0 Å². The Morgan fingerprint density at radius 1 is 1.07 bits per heavy atom. The highest BCUT2D eigenvalue weighted by Crippen LogP contribution is 2.25. The molecule has 156 valence electrons. The van der Waals surface area contributed by atoms with Gasteiger partial charge in [-0.25, -0.2) is 17.8 Å². The molecule has 0 unspecified atom stereocenters. The standard InChI is InChI=1S/C21H20FN3O3S2/c1-15-5-7-16(8-6-15)20-23-19(14-29-20)21(26)24-9-11-25(12-10-24)30(27,28)18-4-2-3-17(22)13-18/h2-8,13-14H,9-12H2,1H3. The second kappa shape index (κ2) is 8.25. The lowest BCUT2D eigenvalue weighted by Gasteiger charge is -2.33. The quantitative estimate of drug-likeness (QED) is 0.617. The second-order valence-electron chi connectivity index (χ2n) is 7.06. The number of rotatable bonds is 4. The topological polar surface area (TPSA) is 70.6 Å². The molecular formula is C21H20FN3O3S2. The van der Waals surface area contributed by atoms with Crippen molar-refractivity contribution in [2.75, 3.05) is 26.2 Å². The fourth-order valence-electron chi connectivity index (χ4n) is 3.27. The predicted molar refractivity (Wildman–Crippen MR) is 113 cm³/mol. The largest absolute Gasteiger partial charge is 0.335 e. The maximum Gasteiger partial charge on any atom is 0.273 e. The van der Waals surface area contributed by atoms with Crippen LogP contribution in [0, 0.1) is 12.7 Å². The van der Waals surface area contributed by atoms with E-state index < -0.39 is 15.8 Å². The van der Waals surface area contributed by atoms with Gasteiger partial charge in [-0.15, -0.1) is 11.3 Å². The van der Waals surface area contributed by atoms with E-state index in [4.69, 9.17) is 0 Å². The van der Waals surface area contributed by atoms with Gasteiger partial charge in [0, 0.05) is 37.1 Å². The van der Waals surface area contributed by atoms with Crippen molar-refractivity contribution < 1.29 is 17.6 Å². The summed E-state index contributed by atoms with van der Waals surface area (Å²) < 4.78 is 40.1. The average Bonchev–Trinajstić information content (AvgIpc) is 3.24. The molecule has 0 radical (unpaired) electrons. The molecule has 2 aromatic carbocycles. The zero-order valence-corrected chi connectivity index (χ0v) is 17.9. The fraction of sp³-hybridized carbons (Fsp3) is 0.238. The number of sulfonamides is 1. The number of halogens is 1. The minimum atomic E-state index is -3.79. The average molecular weight is 446 g/mol. The molecule has 1 aromatic heterocycles. The molecule has 1 saturated heterocycles. The molecule has 30 heavy (non-hydrogen) atoms. The highest BCUT2D eigenvalue weighted by Gasteiger charge is 2.31. The number of nitrogens with zero attached hydrogens (tertiary/aromatic N) is 3. The lowest BCUT2D eigenvalue weighted by Crippen LogP contribution is -2.50. The van der Waals surface area contributed by atoms with Gasteiger partial charge in [-0.05, 0) is 25.1 Å². The lowest BCUT2D eigenvalue weighted by atomic mass is 10.2. The number of thiazole rings is 1. The van der Waals surface area contributed by atoms with Crippen LogP contribution in [0.15, 0.2) is 58.8 Å². The number of hydrogen-bond acceptors (Lipinski definition) is 5. The molecule has 1 amide bonds. The molecule has 0 aliphatic carbocycles. The van der Waals surface area contributed by atoms with Crippen molar-refractivity contribution in [3.05, 3.63) is 71.0 Å². The van der Waals surface area contributed by atoms with Gasteiger partial charge in [0.15, 0.2) is 0 Å². The number of aromatic nitrogens is 1. The van der Waals surface area contributed by atoms with Crippen LogP contribution in [0.5, 0.6) is 0 Å². The molecule has 0 spiro atoms. The monoisotopic (exact) mass is 445 g/mol. The number of piperazine rings is 1. The van der Waals surface area contributed by atoms with Gasteiger partial charge in [-0.1, -0.05) is 35.9 Å². The van der Waals surface area contributed by atoms with Gasteiger partial charge < -0.3 is 4.90 Å². The van der Waals surface area contributed by atoms with Crippen molar-refractivity contribution in [2.45, 2.75) is 11.8 Å². The van der Waals surface area contributed by atoms with E-state index in [9.17, 15) is 17.6 Å². The molecule has 3 aromatic rings. The van der Waals surface area contributed by atoms with E-state index in [1.807, 2.05) is 31.2 Å². The molecular weight excluding hydrogens is 425 g/mol. The maximum absolute atomic E-state index is 13.4. The minimum Gasteiger partial charge on any atom is -0.335 e. The first-order valence-electron chi connectivity index (χ1n) is 9.42. The Morgan fingerprint density at radius 3 is 2.43 bits per heavy atom. The fourth-order valence-corrected chi connectivity index (χ4v) is 5.52. The summed E-state index contributed by atoms with van der Waals surface area (Å²) in [6, 6.07) is 12.9.